The van der Waals surface area contributed by atoms with E-state index in [9.17, 15) is 4.79 Å². The molecule has 110 valence electrons. The van der Waals surface area contributed by atoms with Crippen molar-refractivity contribution >= 4 is 38.4 Å². The molecule has 1 atom stereocenters. The smallest absolute Gasteiger partial charge is 0.255 e. The maximum absolute atomic E-state index is 12.6. The normalized spacial score (nSPS) is 20.2. The van der Waals surface area contributed by atoms with Crippen molar-refractivity contribution in [3.05, 3.63) is 63.8 Å². The lowest BCUT2D eigenvalue weighted by atomic mass is 9.87. The van der Waals surface area contributed by atoms with Gasteiger partial charge in [0.1, 0.15) is 0 Å². The second-order valence-corrected chi connectivity index (χ2v) is 6.54. The Bertz CT molecular complexity index is 931. The number of nitrogens with one attached hydrogen (secondary N) is 2. The molecule has 2 heterocycles. The first kappa shape index (κ1) is 13.5. The van der Waals surface area contributed by atoms with Gasteiger partial charge in [-0.1, -0.05) is 34.1 Å². The third-order valence-corrected chi connectivity index (χ3v) is 4.87. The highest BCUT2D eigenvalue weighted by molar-refractivity contribution is 9.10. The largest absolute Gasteiger partial charge is 0.356 e. The summed E-state index contributed by atoms with van der Waals surface area (Å²) in [5.74, 6) is -0.213. The van der Waals surface area contributed by atoms with Crippen molar-refractivity contribution in [2.24, 2.45) is 5.73 Å². The van der Waals surface area contributed by atoms with Crippen LogP contribution in [0.15, 0.2) is 46.9 Å². The standard InChI is InChI=1S/C17H14BrN3O/c1-9-11-4-2-3-5-13(11)20-15(9)17(19)12-8-10(18)6-7-14(12)21-16(17)22/h2-8,20H,19H2,1H3,(H,21,22). The number of aromatic amines is 1. The van der Waals surface area contributed by atoms with Crippen molar-refractivity contribution < 1.29 is 4.79 Å². The van der Waals surface area contributed by atoms with Gasteiger partial charge in [0, 0.05) is 26.6 Å². The van der Waals surface area contributed by atoms with Gasteiger partial charge in [0.2, 0.25) is 0 Å². The highest BCUT2D eigenvalue weighted by Crippen LogP contribution is 2.42. The molecule has 0 aliphatic carbocycles. The van der Waals surface area contributed by atoms with Crippen LogP contribution < -0.4 is 11.1 Å². The summed E-state index contributed by atoms with van der Waals surface area (Å²) in [6.07, 6.45) is 0. The molecule has 0 saturated carbocycles. The van der Waals surface area contributed by atoms with Crippen LogP contribution in [-0.2, 0) is 10.3 Å². The number of fused-ring (bicyclic) bond motifs is 2. The van der Waals surface area contributed by atoms with Gasteiger partial charge in [-0.15, -0.1) is 0 Å². The van der Waals surface area contributed by atoms with Gasteiger partial charge in [-0.3, -0.25) is 4.79 Å². The SMILES string of the molecule is Cc1c(C2(N)C(=O)Nc3ccc(Br)cc32)[nH]c2ccccc12. The van der Waals surface area contributed by atoms with Gasteiger partial charge in [0.05, 0.1) is 5.69 Å². The number of anilines is 1. The minimum Gasteiger partial charge on any atom is -0.356 e. The average Bonchev–Trinajstić information content (AvgIpc) is 2.97. The molecular formula is C17H14BrN3O. The molecule has 4 rings (SSSR count). The maximum Gasteiger partial charge on any atom is 0.255 e. The van der Waals surface area contributed by atoms with E-state index in [-0.39, 0.29) is 5.91 Å². The van der Waals surface area contributed by atoms with Gasteiger partial charge < -0.3 is 16.0 Å². The van der Waals surface area contributed by atoms with Crippen LogP contribution in [0.4, 0.5) is 5.69 Å². The lowest BCUT2D eigenvalue weighted by molar-refractivity contribution is -0.119. The lowest BCUT2D eigenvalue weighted by Gasteiger charge is -2.22. The molecule has 22 heavy (non-hydrogen) atoms. The highest BCUT2D eigenvalue weighted by atomic mass is 79.9. The fraction of sp³-hybridized carbons (Fsp3) is 0.118. The minimum atomic E-state index is -1.21. The van der Waals surface area contributed by atoms with Crippen LogP contribution in [0, 0.1) is 6.92 Å². The van der Waals surface area contributed by atoms with Crippen LogP contribution in [-0.4, -0.2) is 10.9 Å². The van der Waals surface area contributed by atoms with E-state index >= 15 is 0 Å². The van der Waals surface area contributed by atoms with Gasteiger partial charge >= 0.3 is 0 Å². The molecule has 1 amide bonds. The fourth-order valence-electron chi connectivity index (χ4n) is 3.22. The molecule has 1 aromatic heterocycles. The van der Waals surface area contributed by atoms with E-state index in [1.807, 2.05) is 49.4 Å². The number of halogens is 1. The molecule has 1 aliphatic heterocycles. The Kier molecular flexibility index (Phi) is 2.74. The number of hydrogen-bond acceptors (Lipinski definition) is 2. The Morgan fingerprint density at radius 1 is 1.18 bits per heavy atom. The molecule has 2 aromatic carbocycles. The summed E-state index contributed by atoms with van der Waals surface area (Å²) < 4.78 is 0.895. The summed E-state index contributed by atoms with van der Waals surface area (Å²) in [7, 11) is 0. The second-order valence-electron chi connectivity index (χ2n) is 5.62. The molecule has 3 aromatic rings. The first-order valence-electron chi connectivity index (χ1n) is 7.00. The number of carbonyl (C=O) groups excluding carboxylic acids is 1. The van der Waals surface area contributed by atoms with Crippen LogP contribution in [0.25, 0.3) is 10.9 Å². The van der Waals surface area contributed by atoms with Gasteiger partial charge in [-0.2, -0.15) is 0 Å². The van der Waals surface area contributed by atoms with E-state index in [1.54, 1.807) is 0 Å². The van der Waals surface area contributed by atoms with Crippen molar-refractivity contribution in [3.8, 4) is 0 Å². The Labute approximate surface area is 135 Å². The molecular weight excluding hydrogens is 342 g/mol. The van der Waals surface area contributed by atoms with Crippen LogP contribution in [0.3, 0.4) is 0 Å². The van der Waals surface area contributed by atoms with Crippen LogP contribution in [0.2, 0.25) is 0 Å². The van der Waals surface area contributed by atoms with E-state index in [1.165, 1.54) is 0 Å². The Hall–Kier alpha value is -2.11. The summed E-state index contributed by atoms with van der Waals surface area (Å²) in [5.41, 5.74) is 9.66. The number of nitrogens with two attached hydrogens (primary N) is 1. The molecule has 4 nitrogen and oxygen atoms in total. The first-order chi connectivity index (χ1) is 10.5. The minimum absolute atomic E-state index is 0.213. The summed E-state index contributed by atoms with van der Waals surface area (Å²) >= 11 is 3.46. The first-order valence-corrected chi connectivity index (χ1v) is 7.79. The highest BCUT2D eigenvalue weighted by Gasteiger charge is 2.47. The molecule has 5 heteroatoms. The molecule has 0 radical (unpaired) electrons. The number of H-pyrrole nitrogens is 1. The molecule has 1 aliphatic rings. The van der Waals surface area contributed by atoms with Gasteiger partial charge in [-0.25, -0.2) is 0 Å². The predicted molar refractivity (Wildman–Crippen MR) is 90.8 cm³/mol. The number of aryl methyl sites for hydroxylation is 1. The van der Waals surface area contributed by atoms with Crippen LogP contribution in [0.1, 0.15) is 16.8 Å². The van der Waals surface area contributed by atoms with Crippen molar-refractivity contribution in [2.45, 2.75) is 12.5 Å². The topological polar surface area (TPSA) is 70.9 Å². The quantitative estimate of drug-likeness (QED) is 0.626. The van der Waals surface area contributed by atoms with Gasteiger partial charge in [0.15, 0.2) is 5.54 Å². The van der Waals surface area contributed by atoms with Crippen molar-refractivity contribution in [2.75, 3.05) is 5.32 Å². The van der Waals surface area contributed by atoms with Gasteiger partial charge in [-0.05, 0) is 36.8 Å². The maximum atomic E-state index is 12.6. The van der Waals surface area contributed by atoms with Crippen LogP contribution in [0.5, 0.6) is 0 Å². The summed E-state index contributed by atoms with van der Waals surface area (Å²) in [6, 6.07) is 13.6. The third kappa shape index (κ3) is 1.63. The third-order valence-electron chi connectivity index (χ3n) is 4.37. The molecule has 0 fully saturated rings. The number of rotatable bonds is 1. The number of aromatic nitrogens is 1. The number of amides is 1. The lowest BCUT2D eigenvalue weighted by Crippen LogP contribution is -2.45. The molecule has 0 saturated heterocycles. The van der Waals surface area contributed by atoms with E-state index in [0.717, 1.165) is 37.9 Å². The number of hydrogen-bond donors (Lipinski definition) is 3. The Balaban J connectivity index is 2.03. The average molecular weight is 356 g/mol. The molecule has 1 unspecified atom stereocenters. The summed E-state index contributed by atoms with van der Waals surface area (Å²) in [6.45, 7) is 1.99. The zero-order valence-electron chi connectivity index (χ0n) is 11.9. The summed E-state index contributed by atoms with van der Waals surface area (Å²) in [5, 5.41) is 3.96. The molecule has 0 spiro atoms. The van der Waals surface area contributed by atoms with Crippen LogP contribution >= 0.6 is 15.9 Å². The van der Waals surface area contributed by atoms with E-state index in [2.05, 4.69) is 26.2 Å². The second kappa shape index (κ2) is 4.44. The Morgan fingerprint density at radius 2 is 1.95 bits per heavy atom. The fourth-order valence-corrected chi connectivity index (χ4v) is 3.58. The summed E-state index contributed by atoms with van der Waals surface area (Å²) in [4.78, 5) is 16.0. The number of benzene rings is 2. The van der Waals surface area contributed by atoms with Crippen molar-refractivity contribution in [1.82, 2.24) is 4.98 Å². The van der Waals surface area contributed by atoms with E-state index in [0.29, 0.717) is 0 Å². The van der Waals surface area contributed by atoms with E-state index in [4.69, 9.17) is 5.73 Å². The molecule has 4 N–H and O–H groups in total. The van der Waals surface area contributed by atoms with Crippen molar-refractivity contribution in [3.63, 3.8) is 0 Å². The number of carbonyl (C=O) groups is 1. The van der Waals surface area contributed by atoms with Crippen molar-refractivity contribution in [1.29, 1.82) is 0 Å². The predicted octanol–water partition coefficient (Wildman–Crippen LogP) is 3.39. The zero-order chi connectivity index (χ0) is 15.5. The Morgan fingerprint density at radius 3 is 2.73 bits per heavy atom. The number of para-hydroxylation sites is 1. The zero-order valence-corrected chi connectivity index (χ0v) is 13.5. The van der Waals surface area contributed by atoms with E-state index < -0.39 is 5.54 Å². The molecule has 0 bridgehead atoms. The monoisotopic (exact) mass is 355 g/mol. The van der Waals surface area contributed by atoms with Gasteiger partial charge in [0.25, 0.3) is 5.91 Å².